The number of nitrogens with zero attached hydrogens (tertiary/aromatic N) is 2. The highest BCUT2D eigenvalue weighted by Gasteiger charge is 2.23. The Bertz CT molecular complexity index is 2060. The normalized spacial score (nSPS) is 11.3. The third kappa shape index (κ3) is 9.20. The molecule has 0 fully saturated rings. The Morgan fingerprint density at radius 2 is 0.923 bits per heavy atom. The first-order valence-electron chi connectivity index (χ1n) is 18.0. The number of aryl methyl sites for hydroxylation is 2. The van der Waals surface area contributed by atoms with Crippen LogP contribution in [0.4, 0.5) is 34.1 Å². The SMILES string of the molecule is CCOP(=O)(CCCOc1ccc(N(c2ccc(-c3ccc(N(c4ccccc4)c4cccc(C)c4)cc3)cc2)c2cccc(C)c2)cc1)OCC. The zero-order valence-electron chi connectivity index (χ0n) is 30.4. The first-order valence-corrected chi connectivity index (χ1v) is 19.7. The molecular weight excluding hydrogens is 663 g/mol. The van der Waals surface area contributed by atoms with Crippen molar-refractivity contribution in [3.63, 3.8) is 0 Å². The predicted octanol–water partition coefficient (Wildman–Crippen LogP) is 12.9. The van der Waals surface area contributed by atoms with Crippen LogP contribution in [0.5, 0.6) is 5.75 Å². The van der Waals surface area contributed by atoms with Crippen molar-refractivity contribution < 1.29 is 18.3 Å². The predicted molar refractivity (Wildman–Crippen MR) is 217 cm³/mol. The van der Waals surface area contributed by atoms with Crippen molar-refractivity contribution in [1.29, 1.82) is 0 Å². The van der Waals surface area contributed by atoms with E-state index in [9.17, 15) is 4.57 Å². The van der Waals surface area contributed by atoms with Crippen LogP contribution in [0.2, 0.25) is 0 Å². The molecular formula is C45H47N2O4P. The first kappa shape index (κ1) is 36.7. The second kappa shape index (κ2) is 17.4. The summed E-state index contributed by atoms with van der Waals surface area (Å²) in [6, 6.07) is 53.2. The van der Waals surface area contributed by atoms with Crippen LogP contribution >= 0.6 is 7.60 Å². The average molecular weight is 711 g/mol. The Hall–Kier alpha value is -5.13. The summed E-state index contributed by atoms with van der Waals surface area (Å²) in [5, 5.41) is 0. The molecule has 0 aromatic heterocycles. The Morgan fingerprint density at radius 1 is 0.500 bits per heavy atom. The molecule has 6 rings (SSSR count). The Kier molecular flexibility index (Phi) is 12.3. The second-order valence-electron chi connectivity index (χ2n) is 12.6. The lowest BCUT2D eigenvalue weighted by atomic mass is 10.0. The van der Waals surface area contributed by atoms with Gasteiger partial charge in [-0.3, -0.25) is 4.57 Å². The maximum Gasteiger partial charge on any atom is 0.330 e. The van der Waals surface area contributed by atoms with Gasteiger partial charge in [0.25, 0.3) is 0 Å². The van der Waals surface area contributed by atoms with E-state index >= 15 is 0 Å². The maximum absolute atomic E-state index is 12.8. The molecule has 0 bridgehead atoms. The lowest BCUT2D eigenvalue weighted by molar-refractivity contribution is 0.216. The summed E-state index contributed by atoms with van der Waals surface area (Å²) in [5.74, 6) is 0.752. The molecule has 0 N–H and O–H groups in total. The third-order valence-electron chi connectivity index (χ3n) is 8.71. The Morgan fingerprint density at radius 3 is 1.37 bits per heavy atom. The van der Waals surface area contributed by atoms with Gasteiger partial charge < -0.3 is 23.6 Å². The van der Waals surface area contributed by atoms with Gasteiger partial charge >= 0.3 is 7.60 Å². The molecule has 0 saturated heterocycles. The van der Waals surface area contributed by atoms with E-state index in [-0.39, 0.29) is 0 Å². The van der Waals surface area contributed by atoms with E-state index < -0.39 is 7.60 Å². The van der Waals surface area contributed by atoms with E-state index in [0.29, 0.717) is 32.4 Å². The Balaban J connectivity index is 1.20. The number of hydrogen-bond donors (Lipinski definition) is 0. The molecule has 0 atom stereocenters. The lowest BCUT2D eigenvalue weighted by Crippen LogP contribution is -2.10. The summed E-state index contributed by atoms with van der Waals surface area (Å²) in [7, 11) is -3.08. The van der Waals surface area contributed by atoms with Gasteiger partial charge in [0.05, 0.1) is 26.0 Å². The largest absolute Gasteiger partial charge is 0.494 e. The summed E-state index contributed by atoms with van der Waals surface area (Å²) in [4.78, 5) is 4.54. The molecule has 52 heavy (non-hydrogen) atoms. The van der Waals surface area contributed by atoms with Gasteiger partial charge in [-0.1, -0.05) is 66.7 Å². The Labute approximate surface area is 308 Å². The van der Waals surface area contributed by atoms with E-state index in [4.69, 9.17) is 13.8 Å². The van der Waals surface area contributed by atoms with E-state index in [1.807, 2.05) is 32.0 Å². The summed E-state index contributed by atoms with van der Waals surface area (Å²) in [5.41, 5.74) is 11.2. The lowest BCUT2D eigenvalue weighted by Gasteiger charge is -2.26. The van der Waals surface area contributed by atoms with E-state index in [1.54, 1.807) is 0 Å². The maximum atomic E-state index is 12.8. The number of para-hydroxylation sites is 1. The van der Waals surface area contributed by atoms with Crippen LogP contribution in [-0.2, 0) is 13.6 Å². The zero-order chi connectivity index (χ0) is 36.3. The molecule has 0 radical (unpaired) electrons. The zero-order valence-corrected chi connectivity index (χ0v) is 31.3. The quantitative estimate of drug-likeness (QED) is 0.0736. The van der Waals surface area contributed by atoms with Crippen molar-refractivity contribution in [3.8, 4) is 16.9 Å². The molecule has 0 heterocycles. The van der Waals surface area contributed by atoms with Gasteiger partial charge in [0.1, 0.15) is 5.75 Å². The fourth-order valence-electron chi connectivity index (χ4n) is 6.31. The summed E-state index contributed by atoms with van der Waals surface area (Å²) < 4.78 is 29.6. The minimum atomic E-state index is -3.08. The van der Waals surface area contributed by atoms with Gasteiger partial charge in [-0.15, -0.1) is 0 Å². The van der Waals surface area contributed by atoms with E-state index in [0.717, 1.165) is 51.0 Å². The van der Waals surface area contributed by atoms with Crippen LogP contribution in [-0.4, -0.2) is 26.0 Å². The van der Waals surface area contributed by atoms with Gasteiger partial charge in [-0.25, -0.2) is 0 Å². The molecule has 266 valence electrons. The van der Waals surface area contributed by atoms with Gasteiger partial charge in [0.15, 0.2) is 0 Å². The number of ether oxygens (including phenoxy) is 1. The number of rotatable bonds is 16. The monoisotopic (exact) mass is 710 g/mol. The molecule has 0 unspecified atom stereocenters. The minimum absolute atomic E-state index is 0.327. The fraction of sp³-hybridized carbons (Fsp3) is 0.200. The molecule has 6 aromatic rings. The molecule has 7 heteroatoms. The smallest absolute Gasteiger partial charge is 0.330 e. The van der Waals surface area contributed by atoms with Crippen molar-refractivity contribution in [2.75, 3.05) is 35.8 Å². The molecule has 0 aliphatic carbocycles. The van der Waals surface area contributed by atoms with Crippen molar-refractivity contribution in [1.82, 2.24) is 0 Å². The van der Waals surface area contributed by atoms with E-state index in [1.165, 1.54) is 11.1 Å². The average Bonchev–Trinajstić information content (AvgIpc) is 3.16. The fourth-order valence-corrected chi connectivity index (χ4v) is 7.95. The highest BCUT2D eigenvalue weighted by molar-refractivity contribution is 7.53. The van der Waals surface area contributed by atoms with Crippen molar-refractivity contribution in [2.24, 2.45) is 0 Å². The van der Waals surface area contributed by atoms with Crippen LogP contribution in [0, 0.1) is 13.8 Å². The van der Waals surface area contributed by atoms with Crippen LogP contribution < -0.4 is 14.5 Å². The van der Waals surface area contributed by atoms with Crippen molar-refractivity contribution >= 4 is 41.7 Å². The minimum Gasteiger partial charge on any atom is -0.494 e. The van der Waals surface area contributed by atoms with Gasteiger partial charge in [-0.05, 0) is 141 Å². The van der Waals surface area contributed by atoms with Gasteiger partial charge in [0.2, 0.25) is 0 Å². The summed E-state index contributed by atoms with van der Waals surface area (Å²) >= 11 is 0. The standard InChI is InChI=1S/C45H47N2O4P/c1-5-50-52(48,51-6-2)32-12-31-49-45-29-27-42(28-30-45)47(44-18-11-14-36(4)34-44)41-25-21-38(22-26-41)37-19-23-40(24-20-37)46(39-15-8-7-9-16-39)43-17-10-13-35(3)33-43/h7-11,13-30,33-34H,5-6,12,31-32H2,1-4H3. The highest BCUT2D eigenvalue weighted by Crippen LogP contribution is 2.48. The van der Waals surface area contributed by atoms with Crippen LogP contribution in [0.15, 0.2) is 152 Å². The molecule has 0 amide bonds. The highest BCUT2D eigenvalue weighted by atomic mass is 31.2. The molecule has 0 aliphatic heterocycles. The van der Waals surface area contributed by atoms with Crippen LogP contribution in [0.3, 0.4) is 0 Å². The topological polar surface area (TPSA) is 51.2 Å². The second-order valence-corrected chi connectivity index (χ2v) is 14.8. The molecule has 0 saturated carbocycles. The number of benzene rings is 6. The third-order valence-corrected chi connectivity index (χ3v) is 10.9. The van der Waals surface area contributed by atoms with E-state index in [2.05, 4.69) is 157 Å². The summed E-state index contributed by atoms with van der Waals surface area (Å²) in [6.45, 7) is 9.02. The number of hydrogen-bond acceptors (Lipinski definition) is 6. The molecule has 0 aliphatic rings. The van der Waals surface area contributed by atoms with Gasteiger partial charge in [-0.2, -0.15) is 0 Å². The van der Waals surface area contributed by atoms with Gasteiger partial charge in [0, 0.05) is 34.1 Å². The van der Waals surface area contributed by atoms with Crippen LogP contribution in [0.25, 0.3) is 11.1 Å². The first-order chi connectivity index (χ1) is 25.4. The molecule has 6 aromatic carbocycles. The van der Waals surface area contributed by atoms with Crippen molar-refractivity contribution in [2.45, 2.75) is 34.1 Å². The molecule has 0 spiro atoms. The van der Waals surface area contributed by atoms with Crippen LogP contribution in [0.1, 0.15) is 31.4 Å². The summed E-state index contributed by atoms with van der Waals surface area (Å²) in [6.07, 6.45) is 0.898. The number of anilines is 6. The molecule has 6 nitrogen and oxygen atoms in total. The van der Waals surface area contributed by atoms with Crippen molar-refractivity contribution in [3.05, 3.63) is 163 Å².